The highest BCUT2D eigenvalue weighted by molar-refractivity contribution is 7.10. The van der Waals surface area contributed by atoms with E-state index in [-0.39, 0.29) is 11.8 Å². The lowest BCUT2D eigenvalue weighted by Crippen LogP contribution is -2.37. The highest BCUT2D eigenvalue weighted by atomic mass is 32.1. The molecule has 2 aromatic carbocycles. The molecule has 3 aromatic rings. The average Bonchev–Trinajstić information content (AvgIpc) is 3.40. The SMILES string of the molecule is C/C=C/CCC(=O)N1CCC(c2nc(C(=O)Nc3ccccc3-c3ccc(CC)cc3)cs2)CC1. The number of aryl methyl sites for hydroxylation is 1. The summed E-state index contributed by atoms with van der Waals surface area (Å²) in [7, 11) is 0. The van der Waals surface area contributed by atoms with Gasteiger partial charge in [-0.15, -0.1) is 11.3 Å². The molecule has 0 atom stereocenters. The molecule has 4 rings (SSSR count). The number of benzene rings is 2. The van der Waals surface area contributed by atoms with E-state index in [9.17, 15) is 9.59 Å². The number of allylic oxidation sites excluding steroid dienone is 2. The summed E-state index contributed by atoms with van der Waals surface area (Å²) in [6.07, 6.45) is 8.16. The minimum atomic E-state index is -0.193. The summed E-state index contributed by atoms with van der Waals surface area (Å²) < 4.78 is 0. The van der Waals surface area contributed by atoms with Gasteiger partial charge in [0.1, 0.15) is 5.69 Å². The first-order valence-corrected chi connectivity index (χ1v) is 13.3. The Bertz CT molecular complexity index is 1170. The molecule has 0 aliphatic carbocycles. The van der Waals surface area contributed by atoms with E-state index in [1.165, 1.54) is 5.56 Å². The van der Waals surface area contributed by atoms with Gasteiger partial charge in [0.15, 0.2) is 0 Å². The van der Waals surface area contributed by atoms with Crippen LogP contribution in [0.3, 0.4) is 0 Å². The fraction of sp³-hybridized carbons (Fsp3) is 0.345. The summed E-state index contributed by atoms with van der Waals surface area (Å²) in [5.74, 6) is 0.330. The van der Waals surface area contributed by atoms with E-state index in [0.717, 1.165) is 60.6 Å². The molecule has 1 aliphatic heterocycles. The van der Waals surface area contributed by atoms with E-state index in [2.05, 4.69) is 41.5 Å². The van der Waals surface area contributed by atoms with Gasteiger partial charge in [0.05, 0.1) is 5.01 Å². The number of rotatable bonds is 8. The number of nitrogens with one attached hydrogen (secondary N) is 1. The third kappa shape index (κ3) is 6.25. The van der Waals surface area contributed by atoms with Gasteiger partial charge in [-0.05, 0) is 49.8 Å². The van der Waals surface area contributed by atoms with Crippen molar-refractivity contribution in [1.82, 2.24) is 9.88 Å². The number of aromatic nitrogens is 1. The van der Waals surface area contributed by atoms with E-state index in [0.29, 0.717) is 18.0 Å². The van der Waals surface area contributed by atoms with Crippen LogP contribution in [0.1, 0.15) is 66.5 Å². The van der Waals surface area contributed by atoms with E-state index >= 15 is 0 Å². The zero-order valence-electron chi connectivity index (χ0n) is 20.5. The van der Waals surface area contributed by atoms with Crippen molar-refractivity contribution in [2.75, 3.05) is 18.4 Å². The molecule has 1 saturated heterocycles. The molecule has 35 heavy (non-hydrogen) atoms. The van der Waals surface area contributed by atoms with Crippen LogP contribution in [-0.4, -0.2) is 34.8 Å². The Hall–Kier alpha value is -3.25. The summed E-state index contributed by atoms with van der Waals surface area (Å²) in [5, 5.41) is 5.89. The smallest absolute Gasteiger partial charge is 0.275 e. The van der Waals surface area contributed by atoms with Crippen molar-refractivity contribution in [1.29, 1.82) is 0 Å². The molecule has 0 radical (unpaired) electrons. The molecule has 1 fully saturated rings. The van der Waals surface area contributed by atoms with Crippen molar-refractivity contribution in [2.45, 2.75) is 51.9 Å². The van der Waals surface area contributed by atoms with E-state index in [1.807, 2.05) is 53.6 Å². The van der Waals surface area contributed by atoms with E-state index in [4.69, 9.17) is 0 Å². The molecule has 0 saturated carbocycles. The molecule has 2 heterocycles. The van der Waals surface area contributed by atoms with Crippen LogP contribution in [0, 0.1) is 0 Å². The lowest BCUT2D eigenvalue weighted by Gasteiger charge is -2.31. The maximum Gasteiger partial charge on any atom is 0.275 e. The van der Waals surface area contributed by atoms with Crippen molar-refractivity contribution in [3.8, 4) is 11.1 Å². The third-order valence-electron chi connectivity index (χ3n) is 6.56. The number of thiazole rings is 1. The topological polar surface area (TPSA) is 62.3 Å². The number of hydrogen-bond donors (Lipinski definition) is 1. The first-order valence-electron chi connectivity index (χ1n) is 12.4. The molecule has 1 aromatic heterocycles. The standard InChI is InChI=1S/C29H33N3O2S/c1-3-5-6-11-27(33)32-18-16-23(17-19-32)29-31-26(20-35-29)28(34)30-25-10-8-7-9-24(25)22-14-12-21(4-2)13-15-22/h3,5,7-10,12-15,20,23H,4,6,11,16-19H2,1-2H3,(H,30,34)/b5-3+. The molecule has 182 valence electrons. The van der Waals surface area contributed by atoms with Crippen molar-refractivity contribution >= 4 is 28.8 Å². The van der Waals surface area contributed by atoms with Crippen molar-refractivity contribution in [3.05, 3.63) is 82.3 Å². The highest BCUT2D eigenvalue weighted by Crippen LogP contribution is 2.32. The number of carbonyl (C=O) groups is 2. The Kier molecular flexibility index (Phi) is 8.48. The number of carbonyl (C=O) groups excluding carboxylic acids is 2. The fourth-order valence-corrected chi connectivity index (χ4v) is 5.41. The van der Waals surface area contributed by atoms with Gasteiger partial charge in [-0.3, -0.25) is 9.59 Å². The molecule has 1 N–H and O–H groups in total. The van der Waals surface area contributed by atoms with Crippen LogP contribution in [-0.2, 0) is 11.2 Å². The third-order valence-corrected chi connectivity index (χ3v) is 7.57. The maximum absolute atomic E-state index is 13.0. The quantitative estimate of drug-likeness (QED) is 0.360. The summed E-state index contributed by atoms with van der Waals surface area (Å²) in [6.45, 7) is 5.62. The van der Waals surface area contributed by atoms with Gasteiger partial charge in [0.2, 0.25) is 5.91 Å². The van der Waals surface area contributed by atoms with E-state index in [1.54, 1.807) is 11.3 Å². The zero-order valence-corrected chi connectivity index (χ0v) is 21.3. The van der Waals surface area contributed by atoms with Crippen LogP contribution in [0.4, 0.5) is 5.69 Å². The molecule has 0 unspecified atom stereocenters. The van der Waals surface area contributed by atoms with Crippen LogP contribution in [0.15, 0.2) is 66.1 Å². The first-order chi connectivity index (χ1) is 17.1. The molecular weight excluding hydrogens is 454 g/mol. The van der Waals surface area contributed by atoms with Gasteiger partial charge in [-0.2, -0.15) is 0 Å². The number of likely N-dealkylation sites (tertiary alicyclic amines) is 1. The number of para-hydroxylation sites is 1. The number of nitrogens with zero attached hydrogens (tertiary/aromatic N) is 2. The van der Waals surface area contributed by atoms with Crippen molar-refractivity contribution < 1.29 is 9.59 Å². The van der Waals surface area contributed by atoms with Gasteiger partial charge in [-0.1, -0.05) is 61.5 Å². The Balaban J connectivity index is 1.38. The Morgan fingerprint density at radius 3 is 2.57 bits per heavy atom. The molecule has 0 spiro atoms. The Labute approximate surface area is 211 Å². The second-order valence-electron chi connectivity index (χ2n) is 8.88. The molecule has 0 bridgehead atoms. The van der Waals surface area contributed by atoms with E-state index < -0.39 is 0 Å². The first kappa shape index (κ1) is 24.9. The summed E-state index contributed by atoms with van der Waals surface area (Å²) in [4.78, 5) is 32.0. The van der Waals surface area contributed by atoms with Crippen molar-refractivity contribution in [3.63, 3.8) is 0 Å². The molecule has 1 aliphatic rings. The van der Waals surface area contributed by atoms with Crippen molar-refractivity contribution in [2.24, 2.45) is 0 Å². The molecule has 2 amide bonds. The van der Waals surface area contributed by atoms with Gasteiger partial charge < -0.3 is 10.2 Å². The summed E-state index contributed by atoms with van der Waals surface area (Å²) >= 11 is 1.54. The Morgan fingerprint density at radius 2 is 1.86 bits per heavy atom. The zero-order chi connectivity index (χ0) is 24.6. The fourth-order valence-electron chi connectivity index (χ4n) is 4.44. The summed E-state index contributed by atoms with van der Waals surface area (Å²) in [5.41, 5.74) is 4.58. The highest BCUT2D eigenvalue weighted by Gasteiger charge is 2.26. The van der Waals surface area contributed by atoms with Crippen LogP contribution in [0.5, 0.6) is 0 Å². The molecule has 5 nitrogen and oxygen atoms in total. The summed E-state index contributed by atoms with van der Waals surface area (Å²) in [6, 6.07) is 16.3. The monoisotopic (exact) mass is 487 g/mol. The molecular formula is C29H33N3O2S. The largest absolute Gasteiger partial charge is 0.343 e. The predicted octanol–water partition coefficient (Wildman–Crippen LogP) is 6.69. The van der Waals surface area contributed by atoms with Crippen LogP contribution in [0.25, 0.3) is 11.1 Å². The number of amides is 2. The number of hydrogen-bond acceptors (Lipinski definition) is 4. The lowest BCUT2D eigenvalue weighted by atomic mass is 9.97. The second-order valence-corrected chi connectivity index (χ2v) is 9.77. The Morgan fingerprint density at radius 1 is 1.11 bits per heavy atom. The maximum atomic E-state index is 13.0. The number of piperidine rings is 1. The van der Waals surface area contributed by atoms with Crippen LogP contribution >= 0.6 is 11.3 Å². The minimum absolute atomic E-state index is 0.193. The second kappa shape index (κ2) is 11.9. The normalized spacial score (nSPS) is 14.4. The van der Waals surface area contributed by atoms with Gasteiger partial charge in [0, 0.05) is 42.1 Å². The lowest BCUT2D eigenvalue weighted by molar-refractivity contribution is -0.132. The van der Waals surface area contributed by atoms with Gasteiger partial charge in [-0.25, -0.2) is 4.98 Å². The molecule has 6 heteroatoms. The average molecular weight is 488 g/mol. The van der Waals surface area contributed by atoms with Crippen LogP contribution < -0.4 is 5.32 Å². The van der Waals surface area contributed by atoms with Crippen LogP contribution in [0.2, 0.25) is 0 Å². The van der Waals surface area contributed by atoms with Gasteiger partial charge in [0.25, 0.3) is 5.91 Å². The number of anilines is 1. The minimum Gasteiger partial charge on any atom is -0.343 e. The van der Waals surface area contributed by atoms with Gasteiger partial charge >= 0.3 is 0 Å². The predicted molar refractivity (Wildman–Crippen MR) is 144 cm³/mol.